The Morgan fingerprint density at radius 1 is 1.26 bits per heavy atom. The van der Waals surface area contributed by atoms with Crippen LogP contribution >= 0.6 is 0 Å². The summed E-state index contributed by atoms with van der Waals surface area (Å²) >= 11 is 0. The summed E-state index contributed by atoms with van der Waals surface area (Å²) in [6.07, 6.45) is 5.09. The Morgan fingerprint density at radius 2 is 2.09 bits per heavy atom. The van der Waals surface area contributed by atoms with Crippen LogP contribution in [0.4, 0.5) is 4.39 Å². The van der Waals surface area contributed by atoms with Crippen molar-refractivity contribution in [3.63, 3.8) is 0 Å². The van der Waals surface area contributed by atoms with Gasteiger partial charge in [0, 0.05) is 37.5 Å². The Morgan fingerprint density at radius 3 is 2.82 bits per heavy atom. The number of halogens is 1. The highest BCUT2D eigenvalue weighted by Gasteiger charge is 2.33. The monoisotopic (exact) mass is 470 g/mol. The molecule has 2 aliphatic heterocycles. The molecular formula is C24H31FN6O3. The average Bonchev–Trinajstić information content (AvgIpc) is 3.60. The molecule has 1 aromatic carbocycles. The van der Waals surface area contributed by atoms with Crippen LogP contribution in [0.25, 0.3) is 16.9 Å². The number of hydrogen-bond donors (Lipinski definition) is 0. The number of rotatable bonds is 8. The molecule has 9 nitrogen and oxygen atoms in total. The van der Waals surface area contributed by atoms with Crippen LogP contribution in [0.15, 0.2) is 22.7 Å². The number of para-hydroxylation sites is 1. The van der Waals surface area contributed by atoms with E-state index in [1.54, 1.807) is 13.2 Å². The number of likely N-dealkylation sites (tertiary alicyclic amines) is 2. The van der Waals surface area contributed by atoms with Crippen LogP contribution in [-0.2, 0) is 16.0 Å². The predicted octanol–water partition coefficient (Wildman–Crippen LogP) is 2.93. The van der Waals surface area contributed by atoms with Crippen molar-refractivity contribution in [3.8, 4) is 5.95 Å². The molecule has 34 heavy (non-hydrogen) atoms. The zero-order valence-electron chi connectivity index (χ0n) is 19.7. The van der Waals surface area contributed by atoms with Crippen molar-refractivity contribution in [3.05, 3.63) is 35.6 Å². The first-order valence-corrected chi connectivity index (χ1v) is 12.1. The molecule has 2 aromatic heterocycles. The van der Waals surface area contributed by atoms with Gasteiger partial charge >= 0.3 is 0 Å². The number of aldehydes is 1. The molecule has 2 atom stereocenters. The molecule has 0 N–H and O–H groups in total. The highest BCUT2D eigenvalue weighted by molar-refractivity contribution is 5.83. The van der Waals surface area contributed by atoms with Gasteiger partial charge in [0.2, 0.25) is 5.89 Å². The summed E-state index contributed by atoms with van der Waals surface area (Å²) in [5, 5.41) is 9.45. The average molecular weight is 471 g/mol. The van der Waals surface area contributed by atoms with Gasteiger partial charge in [0.25, 0.3) is 5.95 Å². The summed E-state index contributed by atoms with van der Waals surface area (Å²) in [6, 6.07) is 5.31. The number of piperidine rings is 1. The van der Waals surface area contributed by atoms with Crippen molar-refractivity contribution < 1.29 is 18.4 Å². The molecule has 0 bridgehead atoms. The molecular weight excluding hydrogens is 439 g/mol. The van der Waals surface area contributed by atoms with E-state index in [2.05, 4.69) is 25.0 Å². The zero-order valence-corrected chi connectivity index (χ0v) is 19.7. The molecule has 182 valence electrons. The zero-order chi connectivity index (χ0) is 23.7. The van der Waals surface area contributed by atoms with Gasteiger partial charge in [0.05, 0.1) is 5.69 Å². The van der Waals surface area contributed by atoms with E-state index in [0.717, 1.165) is 69.2 Å². The lowest BCUT2D eigenvalue weighted by Crippen LogP contribution is -2.48. The molecule has 0 amide bonds. The smallest absolute Gasteiger partial charge is 0.291 e. The molecule has 2 aliphatic rings. The number of fused-ring (bicyclic) bond motifs is 1. The maximum Gasteiger partial charge on any atom is 0.291 e. The maximum absolute atomic E-state index is 14.6. The third-order valence-corrected chi connectivity index (χ3v) is 7.20. The molecule has 2 saturated heterocycles. The minimum atomic E-state index is -0.460. The topological polar surface area (TPSA) is 89.5 Å². The van der Waals surface area contributed by atoms with Crippen molar-refractivity contribution >= 4 is 17.2 Å². The van der Waals surface area contributed by atoms with Gasteiger partial charge in [-0.25, -0.2) is 4.39 Å². The minimum absolute atomic E-state index is 0.163. The van der Waals surface area contributed by atoms with Crippen molar-refractivity contribution in [1.29, 1.82) is 0 Å². The van der Waals surface area contributed by atoms with E-state index in [1.807, 2.05) is 13.0 Å². The molecule has 1 unspecified atom stereocenters. The Labute approximate surface area is 197 Å². The number of aromatic nitrogens is 4. The Bertz CT molecular complexity index is 1140. The lowest BCUT2D eigenvalue weighted by Gasteiger charge is -2.36. The lowest BCUT2D eigenvalue weighted by molar-refractivity contribution is -0.129. The number of carbonyl (C=O) groups is 1. The lowest BCUT2D eigenvalue weighted by atomic mass is 9.96. The number of benzene rings is 1. The van der Waals surface area contributed by atoms with Crippen LogP contribution in [0.3, 0.4) is 0 Å². The summed E-state index contributed by atoms with van der Waals surface area (Å²) in [5.74, 6) is 0.663. The van der Waals surface area contributed by atoms with E-state index < -0.39 is 6.23 Å². The second-order valence-electron chi connectivity index (χ2n) is 9.15. The fourth-order valence-electron chi connectivity index (χ4n) is 5.39. The van der Waals surface area contributed by atoms with Gasteiger partial charge in [-0.05, 0) is 56.4 Å². The van der Waals surface area contributed by atoms with Gasteiger partial charge in [0.15, 0.2) is 12.5 Å². The van der Waals surface area contributed by atoms with Crippen LogP contribution in [0, 0.1) is 5.82 Å². The molecule has 2 fully saturated rings. The highest BCUT2D eigenvalue weighted by Crippen LogP contribution is 2.30. The normalized spacial score (nSPS) is 21.4. The highest BCUT2D eigenvalue weighted by atomic mass is 19.1. The minimum Gasteiger partial charge on any atom is -0.359 e. The van der Waals surface area contributed by atoms with E-state index in [9.17, 15) is 9.18 Å². The molecule has 0 radical (unpaired) electrons. The molecule has 10 heteroatoms. The summed E-state index contributed by atoms with van der Waals surface area (Å²) in [4.78, 5) is 20.6. The van der Waals surface area contributed by atoms with Gasteiger partial charge < -0.3 is 14.2 Å². The van der Waals surface area contributed by atoms with Crippen LogP contribution in [0.1, 0.15) is 50.1 Å². The molecule has 5 rings (SSSR count). The number of methoxy groups -OCH3 is 1. The molecule has 3 aromatic rings. The number of ether oxygens (including phenoxy) is 1. The SMILES string of the molecule is CCc1nn(-c2noc(C3CCN(C[C@H]4CCCN4C(C=O)OC)CC3)n2)c2c(F)cccc12. The standard InChI is InChI=1S/C24H31FN6O3/c1-3-20-18-7-4-8-19(25)22(18)31(27-20)24-26-23(34-28-24)16-9-12-29(13-10-16)14-17-6-5-11-30(17)21(15-32)33-2/h4,7-8,15-17,21H,3,5-6,9-14H2,1-2H3/t17-,21?/m1/s1. The first kappa shape index (κ1) is 23.1. The summed E-state index contributed by atoms with van der Waals surface area (Å²) < 4.78 is 27.0. The Hall–Kier alpha value is -2.69. The van der Waals surface area contributed by atoms with E-state index in [4.69, 9.17) is 9.26 Å². The molecule has 0 spiro atoms. The van der Waals surface area contributed by atoms with Gasteiger partial charge in [-0.15, -0.1) is 0 Å². The quantitative estimate of drug-likeness (QED) is 0.465. The third-order valence-electron chi connectivity index (χ3n) is 7.20. The van der Waals surface area contributed by atoms with Crippen LogP contribution in [0.5, 0.6) is 0 Å². The molecule has 4 heterocycles. The second kappa shape index (κ2) is 9.89. The summed E-state index contributed by atoms with van der Waals surface area (Å²) in [6.45, 7) is 5.65. The van der Waals surface area contributed by atoms with Gasteiger partial charge in [-0.2, -0.15) is 14.8 Å². The van der Waals surface area contributed by atoms with E-state index in [0.29, 0.717) is 23.9 Å². The van der Waals surface area contributed by atoms with Crippen LogP contribution in [0.2, 0.25) is 0 Å². The number of aryl methyl sites for hydroxylation is 1. The number of carbonyl (C=O) groups excluding carboxylic acids is 1. The fourth-order valence-corrected chi connectivity index (χ4v) is 5.39. The Kier molecular flexibility index (Phi) is 6.71. The van der Waals surface area contributed by atoms with Crippen molar-refractivity contribution in [1.82, 2.24) is 29.7 Å². The van der Waals surface area contributed by atoms with E-state index in [1.165, 1.54) is 10.7 Å². The first-order valence-electron chi connectivity index (χ1n) is 12.1. The number of hydrogen-bond acceptors (Lipinski definition) is 8. The molecule has 0 aliphatic carbocycles. The Balaban J connectivity index is 1.25. The number of nitrogens with zero attached hydrogens (tertiary/aromatic N) is 6. The fraction of sp³-hybridized carbons (Fsp3) is 0.583. The van der Waals surface area contributed by atoms with Gasteiger partial charge in [-0.1, -0.05) is 19.1 Å². The third kappa shape index (κ3) is 4.25. The van der Waals surface area contributed by atoms with Crippen molar-refractivity contribution in [2.24, 2.45) is 0 Å². The first-order chi connectivity index (χ1) is 16.6. The van der Waals surface area contributed by atoms with Gasteiger partial charge in [-0.3, -0.25) is 9.69 Å². The molecule has 0 saturated carbocycles. The summed E-state index contributed by atoms with van der Waals surface area (Å²) in [5.41, 5.74) is 1.19. The summed E-state index contributed by atoms with van der Waals surface area (Å²) in [7, 11) is 1.59. The second-order valence-corrected chi connectivity index (χ2v) is 9.15. The largest absolute Gasteiger partial charge is 0.359 e. The van der Waals surface area contributed by atoms with Crippen molar-refractivity contribution in [2.45, 2.75) is 57.2 Å². The van der Waals surface area contributed by atoms with Crippen LogP contribution < -0.4 is 0 Å². The van der Waals surface area contributed by atoms with Gasteiger partial charge in [0.1, 0.15) is 11.3 Å². The predicted molar refractivity (Wildman–Crippen MR) is 123 cm³/mol. The van der Waals surface area contributed by atoms with E-state index in [-0.39, 0.29) is 17.7 Å². The van der Waals surface area contributed by atoms with Crippen molar-refractivity contribution in [2.75, 3.05) is 33.3 Å². The maximum atomic E-state index is 14.6. The van der Waals surface area contributed by atoms with Crippen LogP contribution in [-0.4, -0.2) is 81.6 Å². The van der Waals surface area contributed by atoms with E-state index >= 15 is 0 Å².